The van der Waals surface area contributed by atoms with Gasteiger partial charge in [-0.2, -0.15) is 4.31 Å². The molecule has 8 nitrogen and oxygen atoms in total. The number of thiophene rings is 2. The summed E-state index contributed by atoms with van der Waals surface area (Å²) in [7, 11) is -2.48. The van der Waals surface area contributed by atoms with Gasteiger partial charge in [0.15, 0.2) is 0 Å². The molecule has 0 unspecified atom stereocenters. The number of aromatic amines is 1. The van der Waals surface area contributed by atoms with Crippen LogP contribution < -0.4 is 11.2 Å². The first-order valence-electron chi connectivity index (χ1n) is 8.50. The third-order valence-corrected chi connectivity index (χ3v) is 7.87. The molecule has 0 radical (unpaired) electrons. The van der Waals surface area contributed by atoms with Crippen molar-refractivity contribution < 1.29 is 8.42 Å². The Morgan fingerprint density at radius 3 is 2.28 bits per heavy atom. The Hall–Kier alpha value is -2.60. The van der Waals surface area contributed by atoms with Crippen LogP contribution in [0.15, 0.2) is 61.8 Å². The van der Waals surface area contributed by atoms with Crippen molar-refractivity contribution in [2.75, 3.05) is 0 Å². The summed E-state index contributed by atoms with van der Waals surface area (Å²) in [4.78, 5) is 31.9. The average Bonchev–Trinajstić information content (AvgIpc) is 3.39. The Morgan fingerprint density at radius 1 is 1.10 bits per heavy atom. The number of aromatic nitrogens is 3. The fourth-order valence-electron chi connectivity index (χ4n) is 2.89. The molecule has 150 valence electrons. The molecule has 0 aliphatic carbocycles. The normalized spacial score (nSPS) is 12.1. The zero-order valence-electron chi connectivity index (χ0n) is 15.2. The molecule has 4 aromatic heterocycles. The molecule has 0 saturated carbocycles. The molecule has 0 amide bonds. The van der Waals surface area contributed by atoms with Gasteiger partial charge in [0.05, 0.1) is 5.39 Å². The number of sulfonamides is 1. The molecule has 29 heavy (non-hydrogen) atoms. The molecule has 4 aromatic rings. The Morgan fingerprint density at radius 2 is 1.72 bits per heavy atom. The van der Waals surface area contributed by atoms with Gasteiger partial charge in [-0.25, -0.2) is 18.2 Å². The van der Waals surface area contributed by atoms with E-state index in [1.807, 2.05) is 35.0 Å². The number of nitrogens with zero attached hydrogens (tertiary/aromatic N) is 3. The third kappa shape index (κ3) is 3.81. The van der Waals surface area contributed by atoms with E-state index in [0.717, 1.165) is 9.75 Å². The molecule has 0 aromatic carbocycles. The number of rotatable bonds is 6. The van der Waals surface area contributed by atoms with Gasteiger partial charge in [0.2, 0.25) is 10.0 Å². The molecule has 1 N–H and O–H groups in total. The van der Waals surface area contributed by atoms with Crippen LogP contribution in [0.25, 0.3) is 11.0 Å². The van der Waals surface area contributed by atoms with Crippen LogP contribution in [-0.4, -0.2) is 27.3 Å². The monoisotopic (exact) mass is 448 g/mol. The van der Waals surface area contributed by atoms with E-state index in [1.54, 1.807) is 0 Å². The quantitative estimate of drug-likeness (QED) is 0.487. The molecule has 0 bridgehead atoms. The van der Waals surface area contributed by atoms with Crippen LogP contribution in [0, 0.1) is 0 Å². The first-order chi connectivity index (χ1) is 13.9. The number of aryl methyl sites for hydroxylation is 1. The number of hydrogen-bond donors (Lipinski definition) is 1. The van der Waals surface area contributed by atoms with Crippen LogP contribution in [-0.2, 0) is 30.2 Å². The van der Waals surface area contributed by atoms with E-state index < -0.39 is 21.3 Å². The standard InChI is InChI=1S/C18H16N4O4S3/c1-21-16-15(17(23)20-18(21)24)8-14(9-19-16)29(25,26)22(10-12-4-2-6-27-12)11-13-5-3-7-28-13/h2-9H,10-11H2,1H3,(H,20,23,24). The molecule has 0 saturated heterocycles. The Balaban J connectivity index is 1.81. The summed E-state index contributed by atoms with van der Waals surface area (Å²) in [6.07, 6.45) is 1.19. The Kier molecular flexibility index (Phi) is 5.21. The average molecular weight is 449 g/mol. The Bertz CT molecular complexity index is 1330. The van der Waals surface area contributed by atoms with Gasteiger partial charge in [-0.05, 0) is 29.0 Å². The third-order valence-electron chi connectivity index (χ3n) is 4.39. The minimum absolute atomic E-state index is 0.0420. The van der Waals surface area contributed by atoms with Crippen LogP contribution >= 0.6 is 22.7 Å². The molecule has 0 aliphatic heterocycles. The van der Waals surface area contributed by atoms with Gasteiger partial charge < -0.3 is 0 Å². The van der Waals surface area contributed by atoms with Crippen molar-refractivity contribution in [3.63, 3.8) is 0 Å². The molecular formula is C18H16N4O4S3. The maximum absolute atomic E-state index is 13.4. The topological polar surface area (TPSA) is 105 Å². The number of nitrogens with one attached hydrogen (secondary N) is 1. The van der Waals surface area contributed by atoms with Gasteiger partial charge in [-0.3, -0.25) is 14.3 Å². The van der Waals surface area contributed by atoms with Gasteiger partial charge in [0, 0.05) is 36.1 Å². The van der Waals surface area contributed by atoms with Crippen molar-refractivity contribution in [2.45, 2.75) is 18.0 Å². The zero-order valence-corrected chi connectivity index (χ0v) is 17.7. The maximum Gasteiger partial charge on any atom is 0.329 e. The summed E-state index contributed by atoms with van der Waals surface area (Å²) < 4.78 is 29.3. The second kappa shape index (κ2) is 7.67. The van der Waals surface area contributed by atoms with E-state index in [2.05, 4.69) is 9.97 Å². The number of H-pyrrole nitrogens is 1. The van der Waals surface area contributed by atoms with Crippen LogP contribution in [0.4, 0.5) is 0 Å². The van der Waals surface area contributed by atoms with E-state index in [0.29, 0.717) is 0 Å². The summed E-state index contributed by atoms with van der Waals surface area (Å²) in [5.74, 6) is 0. The van der Waals surface area contributed by atoms with E-state index >= 15 is 0 Å². The van der Waals surface area contributed by atoms with E-state index in [4.69, 9.17) is 0 Å². The molecule has 0 atom stereocenters. The lowest BCUT2D eigenvalue weighted by molar-refractivity contribution is 0.407. The van der Waals surface area contributed by atoms with Crippen LogP contribution in [0.2, 0.25) is 0 Å². The molecule has 0 aliphatic rings. The summed E-state index contributed by atoms with van der Waals surface area (Å²) in [5, 5.41) is 3.83. The van der Waals surface area contributed by atoms with Crippen molar-refractivity contribution in [3.05, 3.63) is 77.9 Å². The largest absolute Gasteiger partial charge is 0.329 e. The fraction of sp³-hybridized carbons (Fsp3) is 0.167. The lowest BCUT2D eigenvalue weighted by Crippen LogP contribution is -2.31. The SMILES string of the molecule is Cn1c(=O)[nH]c(=O)c2cc(S(=O)(=O)N(Cc3cccs3)Cc3cccs3)cnc21. The Labute approximate surface area is 173 Å². The first kappa shape index (κ1) is 19.7. The first-order valence-corrected chi connectivity index (χ1v) is 11.7. The highest BCUT2D eigenvalue weighted by atomic mass is 32.2. The van der Waals surface area contributed by atoms with Gasteiger partial charge in [-0.15, -0.1) is 22.7 Å². The van der Waals surface area contributed by atoms with E-state index in [-0.39, 0.29) is 29.0 Å². The van der Waals surface area contributed by atoms with Crippen molar-refractivity contribution in [1.29, 1.82) is 0 Å². The van der Waals surface area contributed by atoms with E-state index in [1.165, 1.54) is 50.9 Å². The van der Waals surface area contributed by atoms with Crippen LogP contribution in [0.5, 0.6) is 0 Å². The van der Waals surface area contributed by atoms with Crippen LogP contribution in [0.1, 0.15) is 9.75 Å². The molecule has 4 heterocycles. The highest BCUT2D eigenvalue weighted by molar-refractivity contribution is 7.89. The molecule has 0 spiro atoms. The molecule has 0 fully saturated rings. The maximum atomic E-state index is 13.4. The molecular weight excluding hydrogens is 432 g/mol. The highest BCUT2D eigenvalue weighted by Crippen LogP contribution is 2.25. The zero-order chi connectivity index (χ0) is 20.6. The van der Waals surface area contributed by atoms with Crippen molar-refractivity contribution in [2.24, 2.45) is 7.05 Å². The van der Waals surface area contributed by atoms with Gasteiger partial charge in [0.25, 0.3) is 5.56 Å². The summed E-state index contributed by atoms with van der Waals surface area (Å²) in [5.41, 5.74) is -1.15. The van der Waals surface area contributed by atoms with E-state index in [9.17, 15) is 18.0 Å². The van der Waals surface area contributed by atoms with Crippen molar-refractivity contribution in [3.8, 4) is 0 Å². The number of pyridine rings is 1. The minimum atomic E-state index is -3.94. The lowest BCUT2D eigenvalue weighted by atomic mass is 10.3. The summed E-state index contributed by atoms with van der Waals surface area (Å²) in [6, 6.07) is 8.76. The van der Waals surface area contributed by atoms with Gasteiger partial charge in [-0.1, -0.05) is 12.1 Å². The number of fused-ring (bicyclic) bond motifs is 1. The number of hydrogen-bond acceptors (Lipinski definition) is 7. The van der Waals surface area contributed by atoms with Crippen LogP contribution in [0.3, 0.4) is 0 Å². The molecule has 11 heteroatoms. The predicted octanol–water partition coefficient (Wildman–Crippen LogP) is 2.14. The van der Waals surface area contributed by atoms with Crippen molar-refractivity contribution in [1.82, 2.24) is 18.8 Å². The molecule has 4 rings (SSSR count). The second-order valence-corrected chi connectivity index (χ2v) is 10.3. The predicted molar refractivity (Wildman–Crippen MR) is 113 cm³/mol. The fourth-order valence-corrected chi connectivity index (χ4v) is 5.86. The minimum Gasteiger partial charge on any atom is -0.281 e. The summed E-state index contributed by atoms with van der Waals surface area (Å²) >= 11 is 2.94. The van der Waals surface area contributed by atoms with Gasteiger partial charge >= 0.3 is 5.69 Å². The summed E-state index contributed by atoms with van der Waals surface area (Å²) in [6.45, 7) is 0.416. The smallest absolute Gasteiger partial charge is 0.281 e. The van der Waals surface area contributed by atoms with Gasteiger partial charge in [0.1, 0.15) is 10.5 Å². The lowest BCUT2D eigenvalue weighted by Gasteiger charge is -2.21. The second-order valence-electron chi connectivity index (χ2n) is 6.29. The highest BCUT2D eigenvalue weighted by Gasteiger charge is 2.27. The van der Waals surface area contributed by atoms with Crippen molar-refractivity contribution >= 4 is 43.7 Å².